The van der Waals surface area contributed by atoms with Gasteiger partial charge in [0.05, 0.1) is 0 Å². The number of halogens is 5. The van der Waals surface area contributed by atoms with Crippen LogP contribution in [0.4, 0.5) is 13.2 Å². The van der Waals surface area contributed by atoms with Crippen LogP contribution in [-0.4, -0.2) is 37.5 Å². The Balaban J connectivity index is 0.00000200. The number of piperazine rings is 1. The molecule has 0 spiro atoms. The van der Waals surface area contributed by atoms with Crippen molar-refractivity contribution < 1.29 is 13.2 Å². The fourth-order valence-electron chi connectivity index (χ4n) is 2.43. The van der Waals surface area contributed by atoms with Crippen LogP contribution < -0.4 is 5.32 Å². The third-order valence-electron chi connectivity index (χ3n) is 3.26. The van der Waals surface area contributed by atoms with Crippen molar-refractivity contribution in [1.29, 1.82) is 0 Å². The molecule has 114 valence electrons. The van der Waals surface area contributed by atoms with Crippen LogP contribution in [-0.2, 0) is 0 Å². The summed E-state index contributed by atoms with van der Waals surface area (Å²) in [6, 6.07) is 3.97. The topological polar surface area (TPSA) is 15.3 Å². The van der Waals surface area contributed by atoms with Gasteiger partial charge in [0, 0.05) is 43.1 Å². The smallest absolute Gasteiger partial charge is 0.240 e. The van der Waals surface area contributed by atoms with E-state index in [4.69, 9.17) is 0 Å². The van der Waals surface area contributed by atoms with E-state index in [1.807, 2.05) is 4.90 Å². The molecule has 0 aliphatic carbocycles. The maximum Gasteiger partial charge on any atom is 0.240 e. The quantitative estimate of drug-likeness (QED) is 0.867. The van der Waals surface area contributed by atoms with Crippen LogP contribution in [0.1, 0.15) is 18.0 Å². The number of alkyl halides is 2. The SMILES string of the molecule is Cl.Fc1cc(Br)cc([C@@H](CC(F)F)N2CCNCC2)c1. The molecule has 0 amide bonds. The van der Waals surface area contributed by atoms with Gasteiger partial charge in [0.2, 0.25) is 6.43 Å². The highest BCUT2D eigenvalue weighted by atomic mass is 79.9. The summed E-state index contributed by atoms with van der Waals surface area (Å²) in [5, 5.41) is 3.18. The fourth-order valence-corrected chi connectivity index (χ4v) is 2.91. The minimum absolute atomic E-state index is 0. The Kier molecular flexibility index (Phi) is 7.29. The van der Waals surface area contributed by atoms with Crippen LogP contribution in [0.2, 0.25) is 0 Å². The van der Waals surface area contributed by atoms with E-state index in [1.54, 1.807) is 6.07 Å². The summed E-state index contributed by atoms with van der Waals surface area (Å²) in [6.07, 6.45) is -2.67. The number of rotatable bonds is 4. The number of benzene rings is 1. The summed E-state index contributed by atoms with van der Waals surface area (Å²) < 4.78 is 39.6. The van der Waals surface area contributed by atoms with Crippen molar-refractivity contribution >= 4 is 28.3 Å². The van der Waals surface area contributed by atoms with E-state index in [0.717, 1.165) is 13.1 Å². The summed E-state index contributed by atoms with van der Waals surface area (Å²) in [7, 11) is 0. The van der Waals surface area contributed by atoms with Crippen molar-refractivity contribution in [2.75, 3.05) is 26.2 Å². The summed E-state index contributed by atoms with van der Waals surface area (Å²) in [6.45, 7) is 2.95. The highest BCUT2D eigenvalue weighted by Crippen LogP contribution is 2.30. The first-order chi connectivity index (χ1) is 9.06. The highest BCUT2D eigenvalue weighted by molar-refractivity contribution is 9.10. The Morgan fingerprint density at radius 3 is 2.40 bits per heavy atom. The molecular weight excluding hydrogens is 357 g/mol. The average molecular weight is 374 g/mol. The predicted molar refractivity (Wildman–Crippen MR) is 79.2 cm³/mol. The van der Waals surface area contributed by atoms with Crippen LogP contribution in [0, 0.1) is 5.82 Å². The molecule has 0 saturated carbocycles. The first-order valence-electron chi connectivity index (χ1n) is 6.25. The third kappa shape index (κ3) is 4.91. The largest absolute Gasteiger partial charge is 0.314 e. The standard InChI is InChI=1S/C13H16BrF3N2.ClH/c14-10-5-9(6-11(15)7-10)12(8-13(16)17)19-3-1-18-2-4-19;/h5-7,12-13,18H,1-4,8H2;1H/t12-;/m1./s1. The zero-order valence-corrected chi connectivity index (χ0v) is 13.2. The minimum atomic E-state index is -2.40. The maximum atomic E-state index is 13.4. The van der Waals surface area contributed by atoms with Gasteiger partial charge in [-0.15, -0.1) is 12.4 Å². The molecular formula is C13H17BrClF3N2. The molecule has 0 bridgehead atoms. The van der Waals surface area contributed by atoms with Crippen molar-refractivity contribution in [2.45, 2.75) is 18.9 Å². The van der Waals surface area contributed by atoms with Crippen molar-refractivity contribution in [1.82, 2.24) is 10.2 Å². The van der Waals surface area contributed by atoms with E-state index in [9.17, 15) is 13.2 Å². The molecule has 0 radical (unpaired) electrons. The lowest BCUT2D eigenvalue weighted by molar-refractivity contribution is 0.0738. The van der Waals surface area contributed by atoms with Gasteiger partial charge in [-0.2, -0.15) is 0 Å². The van der Waals surface area contributed by atoms with E-state index in [2.05, 4.69) is 21.2 Å². The lowest BCUT2D eigenvalue weighted by Crippen LogP contribution is -2.45. The van der Waals surface area contributed by atoms with Gasteiger partial charge >= 0.3 is 0 Å². The van der Waals surface area contributed by atoms with Crippen LogP contribution in [0.5, 0.6) is 0 Å². The van der Waals surface area contributed by atoms with Gasteiger partial charge < -0.3 is 5.32 Å². The molecule has 2 nitrogen and oxygen atoms in total. The third-order valence-corrected chi connectivity index (χ3v) is 3.72. The molecule has 1 atom stereocenters. The number of nitrogens with zero attached hydrogens (tertiary/aromatic N) is 1. The first-order valence-corrected chi connectivity index (χ1v) is 7.04. The number of hydrogen-bond donors (Lipinski definition) is 1. The summed E-state index contributed by atoms with van der Waals surface area (Å²) >= 11 is 3.21. The lowest BCUT2D eigenvalue weighted by Gasteiger charge is -2.35. The zero-order valence-electron chi connectivity index (χ0n) is 10.8. The zero-order chi connectivity index (χ0) is 13.8. The van der Waals surface area contributed by atoms with Gasteiger partial charge in [-0.3, -0.25) is 4.90 Å². The molecule has 1 fully saturated rings. The van der Waals surface area contributed by atoms with Gasteiger partial charge in [-0.1, -0.05) is 15.9 Å². The lowest BCUT2D eigenvalue weighted by atomic mass is 10.0. The van der Waals surface area contributed by atoms with Crippen LogP contribution in [0.25, 0.3) is 0 Å². The monoisotopic (exact) mass is 372 g/mol. The molecule has 7 heteroatoms. The van der Waals surface area contributed by atoms with E-state index < -0.39 is 18.3 Å². The van der Waals surface area contributed by atoms with Crippen LogP contribution >= 0.6 is 28.3 Å². The molecule has 1 saturated heterocycles. The Morgan fingerprint density at radius 2 is 1.85 bits per heavy atom. The van der Waals surface area contributed by atoms with Gasteiger partial charge in [-0.05, 0) is 23.8 Å². The summed E-state index contributed by atoms with van der Waals surface area (Å²) in [5.74, 6) is -0.404. The molecule has 1 N–H and O–H groups in total. The molecule has 1 aromatic carbocycles. The first kappa shape index (κ1) is 17.8. The maximum absolute atomic E-state index is 13.4. The molecule has 1 aromatic rings. The molecule has 20 heavy (non-hydrogen) atoms. The van der Waals surface area contributed by atoms with E-state index in [0.29, 0.717) is 23.1 Å². The predicted octanol–water partition coefficient (Wildman–Crippen LogP) is 3.61. The van der Waals surface area contributed by atoms with Gasteiger partial charge in [-0.25, -0.2) is 13.2 Å². The van der Waals surface area contributed by atoms with Crippen molar-refractivity contribution in [3.8, 4) is 0 Å². The second kappa shape index (κ2) is 8.22. The second-order valence-electron chi connectivity index (χ2n) is 4.63. The Labute approximate surface area is 131 Å². The van der Waals surface area contributed by atoms with Crippen molar-refractivity contribution in [3.63, 3.8) is 0 Å². The van der Waals surface area contributed by atoms with Gasteiger partial charge in [0.15, 0.2) is 0 Å². The van der Waals surface area contributed by atoms with Crippen molar-refractivity contribution in [3.05, 3.63) is 34.1 Å². The van der Waals surface area contributed by atoms with Crippen molar-refractivity contribution in [2.24, 2.45) is 0 Å². The van der Waals surface area contributed by atoms with E-state index in [1.165, 1.54) is 12.1 Å². The molecule has 1 aliphatic heterocycles. The molecule has 2 rings (SSSR count). The highest BCUT2D eigenvalue weighted by Gasteiger charge is 2.25. The molecule has 1 aliphatic rings. The van der Waals surface area contributed by atoms with Gasteiger partial charge in [0.1, 0.15) is 5.82 Å². The molecule has 0 aromatic heterocycles. The average Bonchev–Trinajstić information content (AvgIpc) is 2.35. The second-order valence-corrected chi connectivity index (χ2v) is 5.55. The number of nitrogens with one attached hydrogen (secondary N) is 1. The Morgan fingerprint density at radius 1 is 1.20 bits per heavy atom. The number of hydrogen-bond acceptors (Lipinski definition) is 2. The fraction of sp³-hybridized carbons (Fsp3) is 0.538. The molecule has 0 unspecified atom stereocenters. The summed E-state index contributed by atoms with van der Waals surface area (Å²) in [4.78, 5) is 1.99. The molecule has 1 heterocycles. The van der Waals surface area contributed by atoms with E-state index >= 15 is 0 Å². The minimum Gasteiger partial charge on any atom is -0.314 e. The Hall–Kier alpha value is -0.300. The van der Waals surface area contributed by atoms with Crippen LogP contribution in [0.3, 0.4) is 0 Å². The Bertz CT molecular complexity index is 408. The summed E-state index contributed by atoms with van der Waals surface area (Å²) in [5.41, 5.74) is 0.606. The van der Waals surface area contributed by atoms with E-state index in [-0.39, 0.29) is 18.8 Å². The normalized spacial score (nSPS) is 17.9. The van der Waals surface area contributed by atoms with Crippen LogP contribution in [0.15, 0.2) is 22.7 Å². The van der Waals surface area contributed by atoms with Gasteiger partial charge in [0.25, 0.3) is 0 Å².